The monoisotopic (exact) mass is 294 g/mol. The van der Waals surface area contributed by atoms with Gasteiger partial charge in [-0.3, -0.25) is 4.79 Å². The quantitative estimate of drug-likeness (QED) is 0.826. The molecule has 1 atom stereocenters. The van der Waals surface area contributed by atoms with E-state index in [1.54, 1.807) is 12.3 Å². The molecule has 1 amide bonds. The molecule has 0 aliphatic rings. The van der Waals surface area contributed by atoms with E-state index in [0.717, 1.165) is 6.42 Å². The van der Waals surface area contributed by atoms with E-state index in [4.69, 9.17) is 4.42 Å². The first-order valence-corrected chi connectivity index (χ1v) is 7.39. The molecule has 0 saturated carbocycles. The van der Waals surface area contributed by atoms with Gasteiger partial charge in [-0.15, -0.1) is 10.2 Å². The summed E-state index contributed by atoms with van der Waals surface area (Å²) < 4.78 is 7.13. The van der Waals surface area contributed by atoms with Crippen LogP contribution >= 0.6 is 11.8 Å². The van der Waals surface area contributed by atoms with Crippen LogP contribution in [-0.2, 0) is 11.8 Å². The average molecular weight is 294 g/mol. The van der Waals surface area contributed by atoms with Crippen LogP contribution in [0.2, 0.25) is 0 Å². The minimum atomic E-state index is -0.214. The van der Waals surface area contributed by atoms with Gasteiger partial charge in [0.1, 0.15) is 0 Å². The SMILES string of the molecule is CCCNC(=O)[C@H](C)Sc1nnc(-c2ccco2)n1C. The first-order valence-electron chi connectivity index (χ1n) is 6.51. The van der Waals surface area contributed by atoms with Gasteiger partial charge in [0, 0.05) is 13.6 Å². The van der Waals surface area contributed by atoms with Crippen LogP contribution in [0.25, 0.3) is 11.6 Å². The lowest BCUT2D eigenvalue weighted by molar-refractivity contribution is -0.120. The summed E-state index contributed by atoms with van der Waals surface area (Å²) >= 11 is 1.38. The molecule has 0 bridgehead atoms. The molecule has 20 heavy (non-hydrogen) atoms. The molecule has 2 heterocycles. The lowest BCUT2D eigenvalue weighted by Gasteiger charge is -2.10. The van der Waals surface area contributed by atoms with Crippen molar-refractivity contribution in [2.45, 2.75) is 30.7 Å². The molecule has 2 rings (SSSR count). The number of hydrogen-bond donors (Lipinski definition) is 1. The van der Waals surface area contributed by atoms with Crippen LogP contribution in [0, 0.1) is 0 Å². The number of carbonyl (C=O) groups excluding carboxylic acids is 1. The van der Waals surface area contributed by atoms with Crippen molar-refractivity contribution in [3.05, 3.63) is 18.4 Å². The molecule has 0 saturated heterocycles. The largest absolute Gasteiger partial charge is 0.461 e. The third kappa shape index (κ3) is 3.22. The van der Waals surface area contributed by atoms with E-state index in [2.05, 4.69) is 15.5 Å². The summed E-state index contributed by atoms with van der Waals surface area (Å²) in [6, 6.07) is 3.63. The second-order valence-electron chi connectivity index (χ2n) is 4.39. The zero-order chi connectivity index (χ0) is 14.5. The second kappa shape index (κ2) is 6.60. The number of thioether (sulfide) groups is 1. The lowest BCUT2D eigenvalue weighted by atomic mass is 10.4. The van der Waals surface area contributed by atoms with Gasteiger partial charge in [0.15, 0.2) is 16.7 Å². The Morgan fingerprint density at radius 3 is 3.00 bits per heavy atom. The normalized spacial score (nSPS) is 12.3. The predicted octanol–water partition coefficient (Wildman–Crippen LogP) is 2.08. The first kappa shape index (κ1) is 14.6. The van der Waals surface area contributed by atoms with Crippen molar-refractivity contribution in [2.75, 3.05) is 6.54 Å². The predicted molar refractivity (Wildman–Crippen MR) is 77.3 cm³/mol. The molecule has 0 spiro atoms. The number of amides is 1. The van der Waals surface area contributed by atoms with Crippen LogP contribution in [-0.4, -0.2) is 32.5 Å². The molecular formula is C13H18N4O2S. The maximum atomic E-state index is 11.8. The van der Waals surface area contributed by atoms with Crippen LogP contribution in [0.1, 0.15) is 20.3 Å². The van der Waals surface area contributed by atoms with E-state index in [1.807, 2.05) is 31.5 Å². The van der Waals surface area contributed by atoms with Crippen molar-refractivity contribution in [3.8, 4) is 11.6 Å². The molecule has 0 aliphatic carbocycles. The Morgan fingerprint density at radius 1 is 1.55 bits per heavy atom. The topological polar surface area (TPSA) is 73.0 Å². The number of nitrogens with one attached hydrogen (secondary N) is 1. The Labute approximate surface area is 121 Å². The summed E-state index contributed by atoms with van der Waals surface area (Å²) in [6.07, 6.45) is 2.52. The fourth-order valence-corrected chi connectivity index (χ4v) is 2.48. The third-order valence-electron chi connectivity index (χ3n) is 2.78. The maximum Gasteiger partial charge on any atom is 0.233 e. The van der Waals surface area contributed by atoms with Gasteiger partial charge < -0.3 is 14.3 Å². The van der Waals surface area contributed by atoms with Gasteiger partial charge in [-0.1, -0.05) is 18.7 Å². The number of nitrogens with zero attached hydrogens (tertiary/aromatic N) is 3. The van der Waals surface area contributed by atoms with Crippen LogP contribution in [0.4, 0.5) is 0 Å². The fourth-order valence-electron chi connectivity index (χ4n) is 1.64. The molecule has 6 nitrogen and oxygen atoms in total. The zero-order valence-corrected chi connectivity index (χ0v) is 12.6. The molecule has 0 aliphatic heterocycles. The summed E-state index contributed by atoms with van der Waals surface area (Å²) in [4.78, 5) is 11.8. The highest BCUT2D eigenvalue weighted by Gasteiger charge is 2.19. The van der Waals surface area contributed by atoms with Crippen LogP contribution < -0.4 is 5.32 Å². The van der Waals surface area contributed by atoms with Gasteiger partial charge >= 0.3 is 0 Å². The highest BCUT2D eigenvalue weighted by Crippen LogP contribution is 2.25. The Kier molecular flexibility index (Phi) is 4.84. The lowest BCUT2D eigenvalue weighted by Crippen LogP contribution is -2.31. The average Bonchev–Trinajstić information content (AvgIpc) is 3.07. The highest BCUT2D eigenvalue weighted by molar-refractivity contribution is 8.00. The smallest absolute Gasteiger partial charge is 0.233 e. The van der Waals surface area contributed by atoms with Crippen molar-refractivity contribution >= 4 is 17.7 Å². The van der Waals surface area contributed by atoms with E-state index in [-0.39, 0.29) is 11.2 Å². The van der Waals surface area contributed by atoms with E-state index < -0.39 is 0 Å². The number of rotatable bonds is 6. The summed E-state index contributed by atoms with van der Waals surface area (Å²) in [6.45, 7) is 4.58. The summed E-state index contributed by atoms with van der Waals surface area (Å²) in [5.74, 6) is 1.33. The molecule has 7 heteroatoms. The molecule has 0 unspecified atom stereocenters. The highest BCUT2D eigenvalue weighted by atomic mass is 32.2. The zero-order valence-electron chi connectivity index (χ0n) is 11.8. The number of furan rings is 1. The van der Waals surface area contributed by atoms with E-state index in [1.165, 1.54) is 11.8 Å². The Morgan fingerprint density at radius 2 is 2.35 bits per heavy atom. The van der Waals surface area contributed by atoms with Crippen molar-refractivity contribution in [2.24, 2.45) is 7.05 Å². The minimum Gasteiger partial charge on any atom is -0.461 e. The van der Waals surface area contributed by atoms with E-state index >= 15 is 0 Å². The first-order chi connectivity index (χ1) is 9.63. The van der Waals surface area contributed by atoms with E-state index in [9.17, 15) is 4.79 Å². The Bertz CT molecular complexity index is 565. The number of carbonyl (C=O) groups is 1. The molecule has 2 aromatic heterocycles. The van der Waals surface area contributed by atoms with Gasteiger partial charge in [0.25, 0.3) is 0 Å². The van der Waals surface area contributed by atoms with Crippen LogP contribution in [0.3, 0.4) is 0 Å². The molecule has 1 N–H and O–H groups in total. The van der Waals surface area contributed by atoms with E-state index in [0.29, 0.717) is 23.3 Å². The van der Waals surface area contributed by atoms with Crippen molar-refractivity contribution in [1.29, 1.82) is 0 Å². The van der Waals surface area contributed by atoms with Crippen molar-refractivity contribution in [1.82, 2.24) is 20.1 Å². The van der Waals surface area contributed by atoms with Crippen molar-refractivity contribution in [3.63, 3.8) is 0 Å². The molecule has 2 aromatic rings. The van der Waals surface area contributed by atoms with Gasteiger partial charge in [-0.2, -0.15) is 0 Å². The summed E-state index contributed by atoms with van der Waals surface area (Å²) in [7, 11) is 1.86. The van der Waals surface area contributed by atoms with Gasteiger partial charge in [-0.05, 0) is 25.5 Å². The molecular weight excluding hydrogens is 276 g/mol. The molecule has 0 aromatic carbocycles. The Hall–Kier alpha value is -1.76. The maximum absolute atomic E-state index is 11.8. The Balaban J connectivity index is 2.05. The fraction of sp³-hybridized carbons (Fsp3) is 0.462. The van der Waals surface area contributed by atoms with Gasteiger partial charge in [-0.25, -0.2) is 0 Å². The molecule has 0 fully saturated rings. The molecule has 108 valence electrons. The number of aromatic nitrogens is 3. The number of hydrogen-bond acceptors (Lipinski definition) is 5. The molecule has 0 radical (unpaired) electrons. The standard InChI is InChI=1S/C13H18N4O2S/c1-4-7-14-12(18)9(2)20-13-16-15-11(17(13)3)10-6-5-8-19-10/h5-6,8-9H,4,7H2,1-3H3,(H,14,18)/t9-/m0/s1. The summed E-state index contributed by atoms with van der Waals surface area (Å²) in [5, 5.41) is 11.6. The van der Waals surface area contributed by atoms with Gasteiger partial charge in [0.2, 0.25) is 5.91 Å². The second-order valence-corrected chi connectivity index (χ2v) is 5.70. The van der Waals surface area contributed by atoms with Crippen LogP contribution in [0.15, 0.2) is 28.0 Å². The minimum absolute atomic E-state index is 0.0133. The van der Waals surface area contributed by atoms with Crippen LogP contribution in [0.5, 0.6) is 0 Å². The van der Waals surface area contributed by atoms with Crippen molar-refractivity contribution < 1.29 is 9.21 Å². The third-order valence-corrected chi connectivity index (χ3v) is 3.91. The summed E-state index contributed by atoms with van der Waals surface area (Å²) in [5.41, 5.74) is 0. The van der Waals surface area contributed by atoms with Gasteiger partial charge in [0.05, 0.1) is 11.5 Å².